The molecule has 4 atom stereocenters. The lowest BCUT2D eigenvalue weighted by Crippen LogP contribution is -2.58. The molecule has 1 aromatic heterocycles. The Kier molecular flexibility index (Phi) is 12.7. The van der Waals surface area contributed by atoms with Crippen LogP contribution in [0.15, 0.2) is 67.1 Å². The van der Waals surface area contributed by atoms with Crippen LogP contribution in [0.4, 0.5) is 11.4 Å². The van der Waals surface area contributed by atoms with Gasteiger partial charge in [0.15, 0.2) is 0 Å². The molecule has 17 nitrogen and oxygen atoms in total. The quantitative estimate of drug-likeness (QED) is 0.0922. The van der Waals surface area contributed by atoms with Crippen LogP contribution in [0.25, 0.3) is 0 Å². The van der Waals surface area contributed by atoms with E-state index in [4.69, 9.17) is 5.11 Å². The van der Waals surface area contributed by atoms with E-state index >= 15 is 0 Å². The minimum absolute atomic E-state index is 0.0218. The van der Waals surface area contributed by atoms with Crippen molar-refractivity contribution >= 4 is 46.9 Å². The van der Waals surface area contributed by atoms with E-state index in [-0.39, 0.29) is 37.2 Å². The van der Waals surface area contributed by atoms with Crippen LogP contribution in [0.1, 0.15) is 43.9 Å². The van der Waals surface area contributed by atoms with Gasteiger partial charge in [0.25, 0.3) is 5.69 Å². The van der Waals surface area contributed by atoms with Crippen molar-refractivity contribution < 1.29 is 38.8 Å². The molecule has 1 aliphatic rings. The fourth-order valence-corrected chi connectivity index (χ4v) is 5.44. The minimum Gasteiger partial charge on any atom is -0.481 e. The van der Waals surface area contributed by atoms with Gasteiger partial charge in [-0.3, -0.25) is 38.9 Å². The summed E-state index contributed by atoms with van der Waals surface area (Å²) < 4.78 is 0. The summed E-state index contributed by atoms with van der Waals surface area (Å²) in [7, 11) is 0. The molecule has 0 saturated carbocycles. The van der Waals surface area contributed by atoms with Crippen molar-refractivity contribution in [3.05, 3.63) is 88.5 Å². The Bertz CT molecular complexity index is 1680. The molecule has 2 heterocycles. The number of aromatic nitrogens is 2. The third kappa shape index (κ3) is 10.4. The smallest absolute Gasteiger partial charge is 0.303 e. The van der Waals surface area contributed by atoms with Crippen LogP contribution < -0.4 is 21.3 Å². The van der Waals surface area contributed by atoms with Gasteiger partial charge in [-0.15, -0.1) is 0 Å². The van der Waals surface area contributed by atoms with Gasteiger partial charge in [0.05, 0.1) is 17.7 Å². The lowest BCUT2D eigenvalue weighted by atomic mass is 10.0. The average molecular weight is 691 g/mol. The molecule has 0 radical (unpaired) electrons. The number of nitro groups is 1. The topological polar surface area (TPSA) is 246 Å². The van der Waals surface area contributed by atoms with E-state index in [2.05, 4.69) is 31.2 Å². The van der Waals surface area contributed by atoms with Crippen LogP contribution in [-0.2, 0) is 41.6 Å². The van der Waals surface area contributed by atoms with Gasteiger partial charge in [-0.05, 0) is 37.5 Å². The molecular weight excluding hydrogens is 652 g/mol. The Morgan fingerprint density at radius 1 is 0.960 bits per heavy atom. The summed E-state index contributed by atoms with van der Waals surface area (Å²) in [5, 5.41) is 30.4. The van der Waals surface area contributed by atoms with Gasteiger partial charge in [-0.2, -0.15) is 0 Å². The van der Waals surface area contributed by atoms with Crippen molar-refractivity contribution in [1.29, 1.82) is 0 Å². The molecule has 17 heteroatoms. The summed E-state index contributed by atoms with van der Waals surface area (Å²) in [5.74, 6) is -4.21. The molecule has 1 fully saturated rings. The highest BCUT2D eigenvalue weighted by molar-refractivity contribution is 5.99. The maximum absolute atomic E-state index is 14.1. The van der Waals surface area contributed by atoms with E-state index in [1.165, 1.54) is 48.6 Å². The van der Waals surface area contributed by atoms with Crippen molar-refractivity contribution in [2.75, 3.05) is 11.9 Å². The van der Waals surface area contributed by atoms with Crippen LogP contribution in [0.2, 0.25) is 0 Å². The number of hydrogen-bond donors (Lipinski definition) is 6. The van der Waals surface area contributed by atoms with E-state index in [0.717, 1.165) is 5.56 Å². The number of hydrogen-bond acceptors (Lipinski definition) is 9. The normalized spacial score (nSPS) is 15.6. The second-order valence-corrected chi connectivity index (χ2v) is 11.8. The number of carbonyl (C=O) groups is 6. The molecule has 0 spiro atoms. The predicted octanol–water partition coefficient (Wildman–Crippen LogP) is 1.07. The number of rotatable bonds is 16. The Balaban J connectivity index is 1.48. The summed E-state index contributed by atoms with van der Waals surface area (Å²) in [5.41, 5.74) is 1.39. The number of likely N-dealkylation sites (tertiary alicyclic amines) is 1. The van der Waals surface area contributed by atoms with E-state index in [1.54, 1.807) is 30.3 Å². The Labute approximate surface area is 286 Å². The highest BCUT2D eigenvalue weighted by Gasteiger charge is 2.39. The molecule has 1 saturated heterocycles. The number of carbonyl (C=O) groups excluding carboxylic acids is 5. The van der Waals surface area contributed by atoms with E-state index in [0.29, 0.717) is 18.5 Å². The van der Waals surface area contributed by atoms with Crippen LogP contribution >= 0.6 is 0 Å². The zero-order valence-electron chi connectivity index (χ0n) is 27.2. The number of anilines is 1. The number of amides is 5. The van der Waals surface area contributed by atoms with Gasteiger partial charge in [-0.1, -0.05) is 30.3 Å². The molecular formula is C33H38N8O9. The van der Waals surface area contributed by atoms with Crippen LogP contribution in [0.5, 0.6) is 0 Å². The number of carboxylic acid groups (broad SMARTS) is 1. The lowest BCUT2D eigenvalue weighted by Gasteiger charge is -2.30. The SMILES string of the molecule is C[C@H](NC(=O)CCC(=O)O)C(=O)N[C@@H](Cc1ccccc1)C(=O)N1CCC[C@H]1C(=O)N[C@@H](Cc1cnc[nH]1)C(=O)Nc1ccc([N+](=O)[O-])cc1. The molecule has 3 aromatic rings. The molecule has 264 valence electrons. The summed E-state index contributed by atoms with van der Waals surface area (Å²) >= 11 is 0. The monoisotopic (exact) mass is 690 g/mol. The fraction of sp³-hybridized carbons (Fsp3) is 0.364. The zero-order chi connectivity index (χ0) is 36.2. The van der Waals surface area contributed by atoms with Crippen LogP contribution in [0.3, 0.4) is 0 Å². The number of aromatic amines is 1. The third-order valence-electron chi connectivity index (χ3n) is 8.03. The number of nitrogens with one attached hydrogen (secondary N) is 5. The summed E-state index contributed by atoms with van der Waals surface area (Å²) in [6.07, 6.45) is 3.06. The van der Waals surface area contributed by atoms with E-state index in [9.17, 15) is 38.9 Å². The van der Waals surface area contributed by atoms with Gasteiger partial charge >= 0.3 is 5.97 Å². The van der Waals surface area contributed by atoms with Gasteiger partial charge in [-0.25, -0.2) is 4.98 Å². The number of nitrogens with zero attached hydrogens (tertiary/aromatic N) is 3. The van der Waals surface area contributed by atoms with Crippen molar-refractivity contribution in [1.82, 2.24) is 30.8 Å². The number of carboxylic acids is 1. The summed E-state index contributed by atoms with van der Waals surface area (Å²) in [6, 6.07) is 9.81. The lowest BCUT2D eigenvalue weighted by molar-refractivity contribution is -0.384. The van der Waals surface area contributed by atoms with Gasteiger partial charge in [0.2, 0.25) is 29.5 Å². The maximum Gasteiger partial charge on any atom is 0.303 e. The second kappa shape index (κ2) is 17.3. The molecule has 0 aliphatic carbocycles. The standard InChI is InChI=1S/C33H38N8O9/c1-20(36-28(42)13-14-29(43)44)30(45)39-26(16-21-6-3-2-4-7-21)33(48)40-15-5-8-27(40)32(47)38-25(17-23-18-34-19-35-23)31(46)37-22-9-11-24(12-10-22)41(49)50/h2-4,6-7,9-12,18-20,25-27H,5,8,13-17H2,1H3,(H,34,35)(H,36,42)(H,37,46)(H,38,47)(H,39,45)(H,43,44)/t20-,25-,26-,27-/m0/s1. The maximum atomic E-state index is 14.1. The number of aliphatic carboxylic acids is 1. The number of nitro benzene ring substituents is 1. The molecule has 1 aliphatic heterocycles. The Morgan fingerprint density at radius 2 is 1.68 bits per heavy atom. The van der Waals surface area contributed by atoms with Gasteiger partial charge in [0.1, 0.15) is 24.2 Å². The third-order valence-corrected chi connectivity index (χ3v) is 8.03. The van der Waals surface area contributed by atoms with Crippen molar-refractivity contribution in [2.45, 2.75) is 69.6 Å². The molecule has 6 N–H and O–H groups in total. The van der Waals surface area contributed by atoms with Gasteiger partial charge in [0, 0.05) is 55.5 Å². The highest BCUT2D eigenvalue weighted by atomic mass is 16.6. The van der Waals surface area contributed by atoms with E-state index in [1.807, 2.05) is 0 Å². The number of imidazole rings is 1. The first kappa shape index (κ1) is 36.7. The molecule has 4 rings (SSSR count). The molecule has 50 heavy (non-hydrogen) atoms. The zero-order valence-corrected chi connectivity index (χ0v) is 27.2. The first-order valence-corrected chi connectivity index (χ1v) is 15.9. The second-order valence-electron chi connectivity index (χ2n) is 11.8. The van der Waals surface area contributed by atoms with Crippen LogP contribution in [-0.4, -0.2) is 91.1 Å². The van der Waals surface area contributed by atoms with Crippen molar-refractivity contribution in [2.24, 2.45) is 0 Å². The highest BCUT2D eigenvalue weighted by Crippen LogP contribution is 2.21. The molecule has 2 aromatic carbocycles. The molecule has 0 unspecified atom stereocenters. The largest absolute Gasteiger partial charge is 0.481 e. The summed E-state index contributed by atoms with van der Waals surface area (Å²) in [6.45, 7) is 1.62. The molecule has 5 amide bonds. The average Bonchev–Trinajstić information content (AvgIpc) is 3.80. The number of benzene rings is 2. The van der Waals surface area contributed by atoms with E-state index < -0.39 is 71.0 Å². The van der Waals surface area contributed by atoms with Crippen molar-refractivity contribution in [3.8, 4) is 0 Å². The first-order valence-electron chi connectivity index (χ1n) is 15.9. The number of H-pyrrole nitrogens is 1. The predicted molar refractivity (Wildman–Crippen MR) is 177 cm³/mol. The van der Waals surface area contributed by atoms with Crippen molar-refractivity contribution in [3.63, 3.8) is 0 Å². The summed E-state index contributed by atoms with van der Waals surface area (Å²) in [4.78, 5) is 96.0. The Morgan fingerprint density at radius 3 is 2.32 bits per heavy atom. The fourth-order valence-electron chi connectivity index (χ4n) is 5.44. The number of non-ortho nitro benzene ring substituents is 1. The molecule has 0 bridgehead atoms. The van der Waals surface area contributed by atoms with Gasteiger partial charge < -0.3 is 36.3 Å². The first-order chi connectivity index (χ1) is 23.9. The Hall–Kier alpha value is -6.13. The minimum atomic E-state index is -1.16. The van der Waals surface area contributed by atoms with Crippen LogP contribution in [0, 0.1) is 10.1 Å².